The Morgan fingerprint density at radius 2 is 2.10 bits per heavy atom. The number of likely N-dealkylation sites (tertiary alicyclic amines) is 1. The quantitative estimate of drug-likeness (QED) is 0.611. The van der Waals surface area contributed by atoms with Crippen molar-refractivity contribution in [1.29, 1.82) is 0 Å². The van der Waals surface area contributed by atoms with Gasteiger partial charge in [-0.1, -0.05) is 30.3 Å². The molecule has 31 heavy (non-hydrogen) atoms. The number of hydrogen-bond acceptors (Lipinski definition) is 6. The highest BCUT2D eigenvalue weighted by molar-refractivity contribution is 7.13. The minimum absolute atomic E-state index is 0.00791. The van der Waals surface area contributed by atoms with E-state index in [2.05, 4.69) is 44.4 Å². The van der Waals surface area contributed by atoms with Gasteiger partial charge < -0.3 is 10.2 Å². The summed E-state index contributed by atoms with van der Waals surface area (Å²) >= 11 is 1.69. The van der Waals surface area contributed by atoms with Gasteiger partial charge in [-0.25, -0.2) is 4.68 Å². The molecule has 3 aromatic rings. The van der Waals surface area contributed by atoms with E-state index in [4.69, 9.17) is 0 Å². The van der Waals surface area contributed by atoms with Gasteiger partial charge in [-0.05, 0) is 52.3 Å². The smallest absolute Gasteiger partial charge is 0.228 e. The van der Waals surface area contributed by atoms with Crippen LogP contribution >= 0.6 is 11.3 Å². The molecule has 0 radical (unpaired) electrons. The summed E-state index contributed by atoms with van der Waals surface area (Å²) in [6.45, 7) is 1.51. The molecule has 2 aromatic heterocycles. The van der Waals surface area contributed by atoms with Crippen molar-refractivity contribution in [2.24, 2.45) is 5.41 Å². The Labute approximate surface area is 185 Å². The molecule has 1 fully saturated rings. The first kappa shape index (κ1) is 21.2. The molecule has 1 N–H and O–H groups in total. The maximum Gasteiger partial charge on any atom is 0.228 e. The van der Waals surface area contributed by atoms with Crippen molar-refractivity contribution in [2.75, 3.05) is 20.1 Å². The highest BCUT2D eigenvalue weighted by atomic mass is 32.1. The van der Waals surface area contributed by atoms with Crippen LogP contribution < -0.4 is 5.32 Å². The van der Waals surface area contributed by atoms with Gasteiger partial charge in [0.05, 0.1) is 12.0 Å². The van der Waals surface area contributed by atoms with Crippen LogP contribution in [0.4, 0.5) is 0 Å². The largest absolute Gasteiger partial charge is 0.359 e. The lowest BCUT2D eigenvalue weighted by Crippen LogP contribution is -2.54. The molecule has 1 saturated heterocycles. The van der Waals surface area contributed by atoms with E-state index in [9.17, 15) is 9.59 Å². The molecular formula is C22H26N6O2S. The zero-order valence-corrected chi connectivity index (χ0v) is 18.3. The maximum atomic E-state index is 13.1. The second kappa shape index (κ2) is 9.38. The van der Waals surface area contributed by atoms with Crippen LogP contribution in [0.1, 0.15) is 24.8 Å². The molecule has 0 bridgehead atoms. The fourth-order valence-corrected chi connectivity index (χ4v) is 5.17. The van der Waals surface area contributed by atoms with Gasteiger partial charge in [0, 0.05) is 31.4 Å². The van der Waals surface area contributed by atoms with Gasteiger partial charge in [0.15, 0.2) is 0 Å². The summed E-state index contributed by atoms with van der Waals surface area (Å²) in [6, 6.07) is 12.4. The Morgan fingerprint density at radius 3 is 2.84 bits per heavy atom. The van der Waals surface area contributed by atoms with Crippen LogP contribution in [-0.4, -0.2) is 57.1 Å². The molecule has 9 heteroatoms. The summed E-state index contributed by atoms with van der Waals surface area (Å²) in [5.74, 6) is 0.0153. The highest BCUT2D eigenvalue weighted by Gasteiger charge is 2.43. The Hall–Kier alpha value is -3.07. The zero-order chi connectivity index (χ0) is 21.7. The van der Waals surface area contributed by atoms with Crippen LogP contribution in [0, 0.1) is 5.41 Å². The Kier molecular flexibility index (Phi) is 6.41. The molecule has 1 aliphatic rings. The summed E-state index contributed by atoms with van der Waals surface area (Å²) in [4.78, 5) is 29.1. The summed E-state index contributed by atoms with van der Waals surface area (Å²) < 4.78 is 1.55. The lowest BCUT2D eigenvalue weighted by molar-refractivity contribution is -0.141. The number of carbonyl (C=O) groups is 2. The number of rotatable bonds is 7. The third-order valence-corrected chi connectivity index (χ3v) is 6.82. The number of piperidine rings is 1. The minimum atomic E-state index is -0.648. The Bertz CT molecular complexity index is 1020. The van der Waals surface area contributed by atoms with Gasteiger partial charge >= 0.3 is 0 Å². The number of nitrogens with zero attached hydrogens (tertiary/aromatic N) is 5. The van der Waals surface area contributed by atoms with E-state index in [0.29, 0.717) is 32.5 Å². The summed E-state index contributed by atoms with van der Waals surface area (Å²) in [5, 5.41) is 15.9. The van der Waals surface area contributed by atoms with Gasteiger partial charge in [-0.2, -0.15) is 0 Å². The van der Waals surface area contributed by atoms with E-state index >= 15 is 0 Å². The van der Waals surface area contributed by atoms with E-state index in [1.54, 1.807) is 23.1 Å². The fourth-order valence-electron chi connectivity index (χ4n) is 4.38. The van der Waals surface area contributed by atoms with Crippen molar-refractivity contribution < 1.29 is 9.59 Å². The molecule has 0 aliphatic carbocycles. The first-order valence-corrected chi connectivity index (χ1v) is 11.3. The number of thiophene rings is 1. The van der Waals surface area contributed by atoms with Crippen molar-refractivity contribution in [3.8, 4) is 10.4 Å². The first-order chi connectivity index (χ1) is 15.1. The van der Waals surface area contributed by atoms with Crippen molar-refractivity contribution in [1.82, 2.24) is 30.4 Å². The topological polar surface area (TPSA) is 93.0 Å². The monoisotopic (exact) mass is 438 g/mol. The Balaban J connectivity index is 1.55. The van der Waals surface area contributed by atoms with Crippen molar-refractivity contribution in [3.05, 3.63) is 53.7 Å². The zero-order valence-electron chi connectivity index (χ0n) is 17.5. The number of benzene rings is 1. The number of amides is 2. The van der Waals surface area contributed by atoms with E-state index in [-0.39, 0.29) is 11.8 Å². The van der Waals surface area contributed by atoms with Crippen LogP contribution in [0.15, 0.2) is 48.1 Å². The van der Waals surface area contributed by atoms with E-state index in [1.807, 2.05) is 23.1 Å². The molecule has 1 atom stereocenters. The minimum Gasteiger partial charge on any atom is -0.359 e. The molecule has 162 valence electrons. The van der Waals surface area contributed by atoms with E-state index in [1.165, 1.54) is 11.2 Å². The molecular weight excluding hydrogens is 412 g/mol. The molecule has 0 saturated carbocycles. The molecule has 8 nitrogen and oxygen atoms in total. The van der Waals surface area contributed by atoms with E-state index in [0.717, 1.165) is 24.0 Å². The number of nitrogens with one attached hydrogen (secondary N) is 1. The van der Waals surface area contributed by atoms with Crippen LogP contribution in [0.3, 0.4) is 0 Å². The molecule has 3 heterocycles. The summed E-state index contributed by atoms with van der Waals surface area (Å²) in [7, 11) is 1.67. The Morgan fingerprint density at radius 1 is 1.23 bits per heavy atom. The average molecular weight is 439 g/mol. The standard InChI is InChI=1S/C22H26N6O2S/c1-23-21(30)22(14-17-6-2-3-7-18(17)19-8-4-13-31-19)10-5-11-27(15-22)20(29)9-12-28-16-24-25-26-28/h2-4,6-8,13,16H,5,9-12,14-15H2,1H3,(H,23,30). The number of tetrazole rings is 1. The molecule has 2 amide bonds. The first-order valence-electron chi connectivity index (χ1n) is 10.4. The normalized spacial score (nSPS) is 18.7. The van der Waals surface area contributed by atoms with Crippen LogP contribution in [0.25, 0.3) is 10.4 Å². The van der Waals surface area contributed by atoms with Crippen LogP contribution in [-0.2, 0) is 22.6 Å². The summed E-state index contributed by atoms with van der Waals surface area (Å²) in [5.41, 5.74) is 1.64. The van der Waals surface area contributed by atoms with Gasteiger partial charge in [-0.15, -0.1) is 16.4 Å². The number of carbonyl (C=O) groups excluding carboxylic acids is 2. The van der Waals surface area contributed by atoms with Gasteiger partial charge in [-0.3, -0.25) is 9.59 Å². The lowest BCUT2D eigenvalue weighted by atomic mass is 9.73. The van der Waals surface area contributed by atoms with Gasteiger partial charge in [0.25, 0.3) is 0 Å². The van der Waals surface area contributed by atoms with Crippen LogP contribution in [0.2, 0.25) is 0 Å². The predicted octanol–water partition coefficient (Wildman–Crippen LogP) is 2.39. The third-order valence-electron chi connectivity index (χ3n) is 5.92. The van der Waals surface area contributed by atoms with E-state index < -0.39 is 5.41 Å². The molecule has 1 aliphatic heterocycles. The molecule has 1 unspecified atom stereocenters. The summed E-state index contributed by atoms with van der Waals surface area (Å²) in [6.07, 6.45) is 3.95. The second-order valence-corrected chi connectivity index (χ2v) is 8.86. The third kappa shape index (κ3) is 4.66. The molecule has 4 rings (SSSR count). The van der Waals surface area contributed by atoms with Crippen molar-refractivity contribution in [2.45, 2.75) is 32.2 Å². The van der Waals surface area contributed by atoms with Gasteiger partial charge in [0.1, 0.15) is 6.33 Å². The maximum absolute atomic E-state index is 13.1. The highest BCUT2D eigenvalue weighted by Crippen LogP contribution is 2.38. The van der Waals surface area contributed by atoms with Gasteiger partial charge in [0.2, 0.25) is 11.8 Å². The van der Waals surface area contributed by atoms with Crippen LogP contribution in [0.5, 0.6) is 0 Å². The number of aromatic nitrogens is 4. The van der Waals surface area contributed by atoms with Crippen molar-refractivity contribution >= 4 is 23.2 Å². The molecule has 1 aromatic carbocycles. The fraction of sp³-hybridized carbons (Fsp3) is 0.409. The average Bonchev–Trinajstić information content (AvgIpc) is 3.52. The second-order valence-electron chi connectivity index (χ2n) is 7.91. The SMILES string of the molecule is CNC(=O)C1(Cc2ccccc2-c2cccs2)CCCN(C(=O)CCn2cnnn2)C1. The van der Waals surface area contributed by atoms with Crippen molar-refractivity contribution in [3.63, 3.8) is 0 Å². The number of aryl methyl sites for hydroxylation is 1. The number of hydrogen-bond donors (Lipinski definition) is 1. The molecule has 0 spiro atoms. The predicted molar refractivity (Wildman–Crippen MR) is 118 cm³/mol. The lowest BCUT2D eigenvalue weighted by Gasteiger charge is -2.42.